The largest absolute Gasteiger partial charge is 0.476 e. The zero-order valence-corrected chi connectivity index (χ0v) is 13.1. The molecule has 1 N–H and O–H groups in total. The van der Waals surface area contributed by atoms with Crippen molar-refractivity contribution in [1.29, 1.82) is 0 Å². The number of hydrogen-bond donors (Lipinski definition) is 1. The van der Waals surface area contributed by atoms with Gasteiger partial charge >= 0.3 is 5.97 Å². The molecule has 0 bridgehead atoms. The molecule has 1 saturated carbocycles. The predicted molar refractivity (Wildman–Crippen MR) is 81.8 cm³/mol. The lowest BCUT2D eigenvalue weighted by atomic mass is 10.00. The molecule has 2 aliphatic rings. The predicted octanol–water partition coefficient (Wildman–Crippen LogP) is 1.92. The zero-order valence-electron chi connectivity index (χ0n) is 13.1. The van der Waals surface area contributed by atoms with Crippen LogP contribution in [-0.4, -0.2) is 49.7 Å². The summed E-state index contributed by atoms with van der Waals surface area (Å²) in [6.45, 7) is 0.934. The summed E-state index contributed by atoms with van der Waals surface area (Å²) in [5.41, 5.74) is 0.351. The van der Waals surface area contributed by atoms with Gasteiger partial charge in [0.1, 0.15) is 12.0 Å². The summed E-state index contributed by atoms with van der Waals surface area (Å²) >= 11 is 0. The van der Waals surface area contributed by atoms with E-state index < -0.39 is 5.97 Å². The van der Waals surface area contributed by atoms with E-state index in [0.717, 1.165) is 19.1 Å². The summed E-state index contributed by atoms with van der Waals surface area (Å²) in [6.07, 6.45) is 7.69. The van der Waals surface area contributed by atoms with E-state index in [0.29, 0.717) is 30.7 Å². The number of oxazole rings is 1. The summed E-state index contributed by atoms with van der Waals surface area (Å²) in [6, 6.07) is 2.18. The van der Waals surface area contributed by atoms with Crippen LogP contribution in [-0.2, 0) is 0 Å². The van der Waals surface area contributed by atoms with E-state index in [9.17, 15) is 9.59 Å². The number of carbonyl (C=O) groups excluding carboxylic acids is 1. The number of carboxylic acids is 1. The highest BCUT2D eigenvalue weighted by Crippen LogP contribution is 2.30. The number of carbonyl (C=O) groups is 2. The van der Waals surface area contributed by atoms with Gasteiger partial charge in [-0.1, -0.05) is 12.8 Å². The van der Waals surface area contributed by atoms with Crippen LogP contribution in [0, 0.1) is 0 Å². The molecule has 4 rings (SSSR count). The number of aromatic nitrogens is 3. The Labute approximate surface area is 138 Å². The minimum absolute atomic E-state index is 0.0565. The van der Waals surface area contributed by atoms with Gasteiger partial charge < -0.3 is 14.4 Å². The van der Waals surface area contributed by atoms with Crippen molar-refractivity contribution in [3.63, 3.8) is 0 Å². The average Bonchev–Trinajstić information content (AvgIpc) is 3.26. The summed E-state index contributed by atoms with van der Waals surface area (Å²) in [7, 11) is 0. The van der Waals surface area contributed by atoms with Crippen molar-refractivity contribution in [2.24, 2.45) is 0 Å². The molecule has 1 amide bonds. The third-order valence-corrected chi connectivity index (χ3v) is 4.79. The fourth-order valence-corrected chi connectivity index (χ4v) is 3.36. The summed E-state index contributed by atoms with van der Waals surface area (Å²) in [5, 5.41) is 13.3. The van der Waals surface area contributed by atoms with Crippen LogP contribution in [0.4, 0.5) is 0 Å². The second-order valence-electron chi connectivity index (χ2n) is 6.40. The second-order valence-corrected chi connectivity index (χ2v) is 6.40. The molecular formula is C16H18N4O4. The second kappa shape index (κ2) is 5.77. The molecule has 24 heavy (non-hydrogen) atoms. The van der Waals surface area contributed by atoms with Crippen molar-refractivity contribution < 1.29 is 19.1 Å². The maximum absolute atomic E-state index is 12.5. The number of hydrogen-bond acceptors (Lipinski definition) is 5. The molecule has 0 spiro atoms. The molecule has 0 unspecified atom stereocenters. The van der Waals surface area contributed by atoms with Crippen molar-refractivity contribution >= 4 is 11.9 Å². The van der Waals surface area contributed by atoms with Gasteiger partial charge in [0.2, 0.25) is 5.89 Å². The highest BCUT2D eigenvalue weighted by Gasteiger charge is 2.36. The Morgan fingerprint density at radius 2 is 1.96 bits per heavy atom. The van der Waals surface area contributed by atoms with E-state index in [-0.39, 0.29) is 17.5 Å². The molecule has 126 valence electrons. The first-order chi connectivity index (χ1) is 11.6. The Bertz CT molecular complexity index is 769. The van der Waals surface area contributed by atoms with Gasteiger partial charge in [-0.25, -0.2) is 9.78 Å². The lowest BCUT2D eigenvalue weighted by molar-refractivity contribution is 0.0567. The molecule has 2 fully saturated rings. The SMILES string of the molecule is O=C(O)c1coc(C2CN(C(=O)c3ccn(C4CCCC4)n3)C2)n1. The molecule has 1 aliphatic heterocycles. The third kappa shape index (κ3) is 2.57. The van der Waals surface area contributed by atoms with Crippen LogP contribution in [0.5, 0.6) is 0 Å². The zero-order chi connectivity index (χ0) is 16.7. The summed E-state index contributed by atoms with van der Waals surface area (Å²) < 4.78 is 7.09. The minimum atomic E-state index is -1.12. The smallest absolute Gasteiger partial charge is 0.357 e. The van der Waals surface area contributed by atoms with Crippen LogP contribution >= 0.6 is 0 Å². The van der Waals surface area contributed by atoms with Gasteiger partial charge in [0, 0.05) is 19.3 Å². The fourth-order valence-electron chi connectivity index (χ4n) is 3.36. The first-order valence-corrected chi connectivity index (χ1v) is 8.15. The Morgan fingerprint density at radius 1 is 1.21 bits per heavy atom. The van der Waals surface area contributed by atoms with E-state index in [1.807, 2.05) is 10.9 Å². The van der Waals surface area contributed by atoms with E-state index in [1.54, 1.807) is 11.0 Å². The van der Waals surface area contributed by atoms with Gasteiger partial charge in [0.05, 0.1) is 12.0 Å². The monoisotopic (exact) mass is 330 g/mol. The average molecular weight is 330 g/mol. The number of likely N-dealkylation sites (tertiary alicyclic amines) is 1. The minimum Gasteiger partial charge on any atom is -0.476 e. The number of carboxylic acid groups (broad SMARTS) is 1. The summed E-state index contributed by atoms with van der Waals surface area (Å²) in [4.78, 5) is 28.9. The van der Waals surface area contributed by atoms with Crippen LogP contribution < -0.4 is 0 Å². The normalized spacial score (nSPS) is 18.8. The van der Waals surface area contributed by atoms with Crippen molar-refractivity contribution in [2.45, 2.75) is 37.6 Å². The van der Waals surface area contributed by atoms with Crippen molar-refractivity contribution in [2.75, 3.05) is 13.1 Å². The van der Waals surface area contributed by atoms with Gasteiger partial charge in [-0.15, -0.1) is 0 Å². The Balaban J connectivity index is 1.37. The summed E-state index contributed by atoms with van der Waals surface area (Å²) in [5.74, 6) is -0.908. The standard InChI is InChI=1S/C16H18N4O4/c21-15(12-5-6-20(18-12)11-3-1-2-4-11)19-7-10(8-19)14-17-13(9-24-14)16(22)23/h5-6,9-11H,1-4,7-8H2,(H,22,23). The van der Waals surface area contributed by atoms with Gasteiger partial charge in [-0.2, -0.15) is 5.10 Å². The van der Waals surface area contributed by atoms with Crippen molar-refractivity contribution in [1.82, 2.24) is 19.7 Å². The Morgan fingerprint density at radius 3 is 2.62 bits per heavy atom. The van der Waals surface area contributed by atoms with Crippen LogP contribution in [0.1, 0.15) is 64.5 Å². The van der Waals surface area contributed by atoms with Crippen LogP contribution in [0.3, 0.4) is 0 Å². The fraction of sp³-hybridized carbons (Fsp3) is 0.500. The molecule has 0 aromatic carbocycles. The molecule has 2 aromatic heterocycles. The number of rotatable bonds is 4. The molecule has 0 radical (unpaired) electrons. The lowest BCUT2D eigenvalue weighted by Gasteiger charge is -2.36. The first-order valence-electron chi connectivity index (χ1n) is 8.15. The maximum Gasteiger partial charge on any atom is 0.357 e. The van der Waals surface area contributed by atoms with Gasteiger partial charge in [0.25, 0.3) is 5.91 Å². The Kier molecular flexibility index (Phi) is 3.59. The Hall–Kier alpha value is -2.64. The third-order valence-electron chi connectivity index (χ3n) is 4.79. The molecule has 8 nitrogen and oxygen atoms in total. The van der Waals surface area contributed by atoms with Gasteiger partial charge in [0.15, 0.2) is 5.69 Å². The first kappa shape index (κ1) is 14.9. The van der Waals surface area contributed by atoms with E-state index in [2.05, 4.69) is 10.1 Å². The van der Waals surface area contributed by atoms with Gasteiger partial charge in [-0.3, -0.25) is 9.48 Å². The molecule has 2 aromatic rings. The molecule has 1 saturated heterocycles. The van der Waals surface area contributed by atoms with E-state index in [1.165, 1.54) is 12.8 Å². The number of amides is 1. The van der Waals surface area contributed by atoms with Crippen molar-refractivity contribution in [3.8, 4) is 0 Å². The molecular weight excluding hydrogens is 312 g/mol. The highest BCUT2D eigenvalue weighted by atomic mass is 16.4. The number of nitrogens with zero attached hydrogens (tertiary/aromatic N) is 4. The molecule has 1 aliphatic carbocycles. The molecule has 8 heteroatoms. The maximum atomic E-state index is 12.5. The van der Waals surface area contributed by atoms with Crippen LogP contribution in [0.2, 0.25) is 0 Å². The lowest BCUT2D eigenvalue weighted by Crippen LogP contribution is -2.48. The van der Waals surface area contributed by atoms with Crippen LogP contribution in [0.15, 0.2) is 22.9 Å². The quantitative estimate of drug-likeness (QED) is 0.919. The number of aromatic carboxylic acids is 1. The van der Waals surface area contributed by atoms with Crippen molar-refractivity contribution in [3.05, 3.63) is 35.8 Å². The van der Waals surface area contributed by atoms with E-state index in [4.69, 9.17) is 9.52 Å². The van der Waals surface area contributed by atoms with E-state index >= 15 is 0 Å². The van der Waals surface area contributed by atoms with Crippen LogP contribution in [0.25, 0.3) is 0 Å². The van der Waals surface area contributed by atoms with Gasteiger partial charge in [-0.05, 0) is 18.9 Å². The topological polar surface area (TPSA) is 101 Å². The molecule has 3 heterocycles. The molecule has 0 atom stereocenters. The highest BCUT2D eigenvalue weighted by molar-refractivity contribution is 5.92.